The highest BCUT2D eigenvalue weighted by molar-refractivity contribution is 6.01. The lowest BCUT2D eigenvalue weighted by molar-refractivity contribution is -0.188. The van der Waals surface area contributed by atoms with Crippen LogP contribution in [0.5, 0.6) is 0 Å². The zero-order valence-electron chi connectivity index (χ0n) is 13.9. The summed E-state index contributed by atoms with van der Waals surface area (Å²) in [5, 5.41) is 0. The van der Waals surface area contributed by atoms with E-state index in [-0.39, 0.29) is 11.8 Å². The normalized spacial score (nSPS) is 23.6. The Morgan fingerprint density at radius 3 is 2.50 bits per heavy atom. The van der Waals surface area contributed by atoms with Crippen LogP contribution in [0.25, 0.3) is 0 Å². The molecule has 0 unspecified atom stereocenters. The lowest BCUT2D eigenvalue weighted by atomic mass is 10.0. The summed E-state index contributed by atoms with van der Waals surface area (Å²) in [5.74, 6) is -0.536. The Morgan fingerprint density at radius 2 is 1.83 bits per heavy atom. The monoisotopic (exact) mass is 330 g/mol. The van der Waals surface area contributed by atoms with Gasteiger partial charge in [-0.2, -0.15) is 0 Å². The standard InChI is InChI=1S/C18H22N2O4/c1-13(20-12-14-4-2-3-5-15(14)17(20)22)16(21)19-8-6-18(7-9-19)23-10-11-24-18/h2-5,13H,6-12H2,1H3/t13-/m0/s1. The van der Waals surface area contributed by atoms with Crippen LogP contribution >= 0.6 is 0 Å². The molecule has 24 heavy (non-hydrogen) atoms. The molecule has 0 radical (unpaired) electrons. The molecule has 0 bridgehead atoms. The first-order valence-corrected chi connectivity index (χ1v) is 8.55. The molecule has 128 valence electrons. The van der Waals surface area contributed by atoms with Crippen molar-refractivity contribution in [2.75, 3.05) is 26.3 Å². The lowest BCUT2D eigenvalue weighted by Gasteiger charge is -2.39. The Bertz CT molecular complexity index is 659. The van der Waals surface area contributed by atoms with E-state index in [1.165, 1.54) is 0 Å². The van der Waals surface area contributed by atoms with Gasteiger partial charge in [0.05, 0.1) is 13.2 Å². The Morgan fingerprint density at radius 1 is 1.17 bits per heavy atom. The van der Waals surface area contributed by atoms with Gasteiger partial charge in [-0.25, -0.2) is 0 Å². The Hall–Kier alpha value is -1.92. The summed E-state index contributed by atoms with van der Waals surface area (Å²) >= 11 is 0. The summed E-state index contributed by atoms with van der Waals surface area (Å²) in [5.41, 5.74) is 1.70. The number of benzene rings is 1. The van der Waals surface area contributed by atoms with Crippen molar-refractivity contribution in [2.45, 2.75) is 38.1 Å². The number of likely N-dealkylation sites (tertiary alicyclic amines) is 1. The van der Waals surface area contributed by atoms with Crippen molar-refractivity contribution in [1.82, 2.24) is 9.80 Å². The first-order chi connectivity index (χ1) is 11.6. The van der Waals surface area contributed by atoms with Crippen molar-refractivity contribution in [3.8, 4) is 0 Å². The molecule has 1 aromatic rings. The fraction of sp³-hybridized carbons (Fsp3) is 0.556. The highest BCUT2D eigenvalue weighted by Crippen LogP contribution is 2.32. The number of hydrogen-bond donors (Lipinski definition) is 0. The molecule has 1 aromatic carbocycles. The molecular formula is C18H22N2O4. The average molecular weight is 330 g/mol. The van der Waals surface area contributed by atoms with E-state index < -0.39 is 11.8 Å². The molecule has 4 rings (SSSR count). The molecule has 0 aliphatic carbocycles. The molecule has 0 saturated carbocycles. The highest BCUT2D eigenvalue weighted by Gasteiger charge is 2.42. The number of rotatable bonds is 2. The molecule has 1 spiro atoms. The third-order valence-corrected chi connectivity index (χ3v) is 5.32. The minimum atomic E-state index is -0.486. The van der Waals surface area contributed by atoms with Crippen LogP contribution in [0.2, 0.25) is 0 Å². The quantitative estimate of drug-likeness (QED) is 0.822. The molecular weight excluding hydrogens is 308 g/mol. The Labute approximate surface area is 141 Å². The van der Waals surface area contributed by atoms with Crippen LogP contribution in [-0.4, -0.2) is 59.7 Å². The predicted octanol–water partition coefficient (Wildman–Crippen LogP) is 1.40. The van der Waals surface area contributed by atoms with Crippen LogP contribution in [-0.2, 0) is 20.8 Å². The number of ether oxygens (including phenoxy) is 2. The number of carbonyl (C=O) groups excluding carboxylic acids is 2. The maximum absolute atomic E-state index is 12.8. The number of amides is 2. The van der Waals surface area contributed by atoms with Crippen LogP contribution in [0.3, 0.4) is 0 Å². The van der Waals surface area contributed by atoms with Gasteiger partial charge in [0.25, 0.3) is 5.91 Å². The van der Waals surface area contributed by atoms with Gasteiger partial charge in [-0.15, -0.1) is 0 Å². The Balaban J connectivity index is 1.41. The zero-order chi connectivity index (χ0) is 16.7. The van der Waals surface area contributed by atoms with Crippen molar-refractivity contribution < 1.29 is 19.1 Å². The molecule has 3 aliphatic heterocycles. The zero-order valence-corrected chi connectivity index (χ0v) is 13.9. The molecule has 0 N–H and O–H groups in total. The minimum Gasteiger partial charge on any atom is -0.347 e. The second-order valence-corrected chi connectivity index (χ2v) is 6.70. The van der Waals surface area contributed by atoms with Crippen molar-refractivity contribution in [3.63, 3.8) is 0 Å². The summed E-state index contributed by atoms with van der Waals surface area (Å²) in [6, 6.07) is 7.11. The van der Waals surface area contributed by atoms with Gasteiger partial charge in [0.1, 0.15) is 6.04 Å². The van der Waals surface area contributed by atoms with Crippen LogP contribution in [0.4, 0.5) is 0 Å². The second kappa shape index (κ2) is 5.86. The molecule has 3 aliphatic rings. The van der Waals surface area contributed by atoms with Crippen molar-refractivity contribution in [1.29, 1.82) is 0 Å². The van der Waals surface area contributed by atoms with Crippen LogP contribution in [0, 0.1) is 0 Å². The largest absolute Gasteiger partial charge is 0.347 e. The molecule has 6 heteroatoms. The Kier molecular flexibility index (Phi) is 3.81. The topological polar surface area (TPSA) is 59.1 Å². The maximum atomic E-state index is 12.8. The van der Waals surface area contributed by atoms with Crippen molar-refractivity contribution in [2.24, 2.45) is 0 Å². The second-order valence-electron chi connectivity index (χ2n) is 6.70. The molecule has 3 heterocycles. The number of nitrogens with zero attached hydrogens (tertiary/aromatic N) is 2. The molecule has 6 nitrogen and oxygen atoms in total. The van der Waals surface area contributed by atoms with E-state index >= 15 is 0 Å². The van der Waals surface area contributed by atoms with Gasteiger partial charge < -0.3 is 19.3 Å². The van der Waals surface area contributed by atoms with Gasteiger partial charge in [0.2, 0.25) is 5.91 Å². The SMILES string of the molecule is C[C@@H](C(=O)N1CCC2(CC1)OCCO2)N1Cc2ccccc2C1=O. The van der Waals surface area contributed by atoms with Gasteiger partial charge in [-0.3, -0.25) is 9.59 Å². The average Bonchev–Trinajstić information content (AvgIpc) is 3.20. The third-order valence-electron chi connectivity index (χ3n) is 5.32. The van der Waals surface area contributed by atoms with Crippen molar-refractivity contribution >= 4 is 11.8 Å². The summed E-state index contributed by atoms with van der Waals surface area (Å²) in [4.78, 5) is 28.9. The molecule has 2 amide bonds. The van der Waals surface area contributed by atoms with Gasteiger partial charge in [-0.1, -0.05) is 18.2 Å². The number of piperidine rings is 1. The summed E-state index contributed by atoms with van der Waals surface area (Å²) in [6.45, 7) is 4.80. The van der Waals surface area contributed by atoms with E-state index in [2.05, 4.69) is 0 Å². The first kappa shape index (κ1) is 15.6. The van der Waals surface area contributed by atoms with Crippen LogP contribution < -0.4 is 0 Å². The van der Waals surface area contributed by atoms with Crippen LogP contribution in [0.1, 0.15) is 35.7 Å². The third kappa shape index (κ3) is 2.50. The first-order valence-electron chi connectivity index (χ1n) is 8.55. The summed E-state index contributed by atoms with van der Waals surface area (Å²) < 4.78 is 11.4. The van der Waals surface area contributed by atoms with Gasteiger partial charge in [0.15, 0.2) is 5.79 Å². The van der Waals surface area contributed by atoms with E-state index in [1.807, 2.05) is 36.1 Å². The summed E-state index contributed by atoms with van der Waals surface area (Å²) in [7, 11) is 0. The molecule has 2 fully saturated rings. The van der Waals surface area contributed by atoms with Gasteiger partial charge in [0, 0.05) is 38.0 Å². The lowest BCUT2D eigenvalue weighted by Crippen LogP contribution is -2.53. The van der Waals surface area contributed by atoms with E-state index in [0.717, 1.165) is 5.56 Å². The van der Waals surface area contributed by atoms with E-state index in [4.69, 9.17) is 9.47 Å². The van der Waals surface area contributed by atoms with Crippen LogP contribution in [0.15, 0.2) is 24.3 Å². The number of hydrogen-bond acceptors (Lipinski definition) is 4. The fourth-order valence-corrected chi connectivity index (χ4v) is 3.84. The molecule has 2 saturated heterocycles. The summed E-state index contributed by atoms with van der Waals surface area (Å²) in [6.07, 6.45) is 1.39. The highest BCUT2D eigenvalue weighted by atomic mass is 16.7. The van der Waals surface area contributed by atoms with Gasteiger partial charge >= 0.3 is 0 Å². The minimum absolute atomic E-state index is 0.00371. The number of carbonyl (C=O) groups is 2. The van der Waals surface area contributed by atoms with Gasteiger partial charge in [-0.05, 0) is 18.6 Å². The maximum Gasteiger partial charge on any atom is 0.255 e. The van der Waals surface area contributed by atoms with Crippen molar-refractivity contribution in [3.05, 3.63) is 35.4 Å². The number of fused-ring (bicyclic) bond motifs is 1. The smallest absolute Gasteiger partial charge is 0.255 e. The van der Waals surface area contributed by atoms with E-state index in [1.54, 1.807) is 4.90 Å². The van der Waals surface area contributed by atoms with E-state index in [9.17, 15) is 9.59 Å². The fourth-order valence-electron chi connectivity index (χ4n) is 3.84. The molecule has 0 aromatic heterocycles. The predicted molar refractivity (Wildman–Crippen MR) is 86.2 cm³/mol. The molecule has 1 atom stereocenters. The van der Waals surface area contributed by atoms with E-state index in [0.29, 0.717) is 51.3 Å².